The quantitative estimate of drug-likeness (QED) is 0.857. The van der Waals surface area contributed by atoms with Crippen LogP contribution >= 0.6 is 0 Å². The standard InChI is InChI=1S/C18H18F2N2O3/c1-11-6-4-5-7-12(11)10-22(2)18(24)21-16-8-13(17(23)25-3)14(19)9-15(16)20/h4-9H,10H2,1-3H3,(H,21,24). The normalized spacial score (nSPS) is 10.3. The third-order valence-electron chi connectivity index (χ3n) is 3.72. The van der Waals surface area contributed by atoms with Crippen LogP contribution in [0.5, 0.6) is 0 Å². The van der Waals surface area contributed by atoms with E-state index in [9.17, 15) is 18.4 Å². The highest BCUT2D eigenvalue weighted by atomic mass is 19.1. The van der Waals surface area contributed by atoms with Gasteiger partial charge in [0.05, 0.1) is 18.4 Å². The van der Waals surface area contributed by atoms with Crippen LogP contribution in [0.15, 0.2) is 36.4 Å². The van der Waals surface area contributed by atoms with Gasteiger partial charge in [0.25, 0.3) is 0 Å². The van der Waals surface area contributed by atoms with Gasteiger partial charge in [-0.05, 0) is 24.1 Å². The Morgan fingerprint density at radius 2 is 1.84 bits per heavy atom. The molecule has 2 aromatic carbocycles. The molecule has 132 valence electrons. The molecule has 0 heterocycles. The van der Waals surface area contributed by atoms with Crippen LogP contribution in [0.25, 0.3) is 0 Å². The molecule has 2 aromatic rings. The summed E-state index contributed by atoms with van der Waals surface area (Å²) < 4.78 is 32.0. The number of amides is 2. The van der Waals surface area contributed by atoms with Crippen molar-refractivity contribution < 1.29 is 23.1 Å². The van der Waals surface area contributed by atoms with Gasteiger partial charge < -0.3 is 15.0 Å². The fraction of sp³-hybridized carbons (Fsp3) is 0.222. The maximum absolute atomic E-state index is 13.9. The number of aryl methyl sites for hydroxylation is 1. The minimum absolute atomic E-state index is 0.302. The second-order valence-electron chi connectivity index (χ2n) is 5.52. The Bertz CT molecular complexity index is 809. The first-order valence-electron chi connectivity index (χ1n) is 7.47. The van der Waals surface area contributed by atoms with Gasteiger partial charge in [-0.25, -0.2) is 18.4 Å². The molecule has 1 N–H and O–H groups in total. The Labute approximate surface area is 144 Å². The number of carbonyl (C=O) groups excluding carboxylic acids is 2. The molecule has 0 saturated carbocycles. The molecule has 0 saturated heterocycles. The Hall–Kier alpha value is -2.96. The third-order valence-corrected chi connectivity index (χ3v) is 3.72. The fourth-order valence-electron chi connectivity index (χ4n) is 2.24. The number of esters is 1. The first-order valence-corrected chi connectivity index (χ1v) is 7.47. The summed E-state index contributed by atoms with van der Waals surface area (Å²) in [5.74, 6) is -3.00. The molecule has 0 aliphatic carbocycles. The minimum Gasteiger partial charge on any atom is -0.465 e. The molecular weight excluding hydrogens is 330 g/mol. The molecule has 7 heteroatoms. The molecule has 0 bridgehead atoms. The van der Waals surface area contributed by atoms with Crippen LogP contribution in [0.1, 0.15) is 21.5 Å². The molecule has 2 amide bonds. The van der Waals surface area contributed by atoms with Gasteiger partial charge in [-0.1, -0.05) is 24.3 Å². The summed E-state index contributed by atoms with van der Waals surface area (Å²) in [6.45, 7) is 2.23. The monoisotopic (exact) mass is 348 g/mol. The van der Waals surface area contributed by atoms with E-state index in [-0.39, 0.29) is 5.69 Å². The van der Waals surface area contributed by atoms with Gasteiger partial charge in [-0.3, -0.25) is 0 Å². The van der Waals surface area contributed by atoms with Crippen LogP contribution < -0.4 is 5.32 Å². The van der Waals surface area contributed by atoms with E-state index < -0.39 is 29.2 Å². The highest BCUT2D eigenvalue weighted by Gasteiger charge is 2.19. The van der Waals surface area contributed by atoms with Crippen molar-refractivity contribution in [2.45, 2.75) is 13.5 Å². The number of carbonyl (C=O) groups is 2. The molecular formula is C18H18F2N2O3. The predicted molar refractivity (Wildman–Crippen MR) is 89.4 cm³/mol. The lowest BCUT2D eigenvalue weighted by Gasteiger charge is -2.19. The van der Waals surface area contributed by atoms with Crippen LogP contribution in [0, 0.1) is 18.6 Å². The Balaban J connectivity index is 2.17. The van der Waals surface area contributed by atoms with E-state index in [2.05, 4.69) is 10.1 Å². The first-order chi connectivity index (χ1) is 11.8. The number of nitrogens with zero attached hydrogens (tertiary/aromatic N) is 1. The zero-order valence-corrected chi connectivity index (χ0v) is 14.1. The lowest BCUT2D eigenvalue weighted by molar-refractivity contribution is 0.0595. The molecule has 25 heavy (non-hydrogen) atoms. The van der Waals surface area contributed by atoms with Crippen LogP contribution in [0.4, 0.5) is 19.3 Å². The van der Waals surface area contributed by atoms with Crippen molar-refractivity contribution in [3.8, 4) is 0 Å². The Kier molecular flexibility index (Phi) is 5.69. The van der Waals surface area contributed by atoms with E-state index in [0.717, 1.165) is 24.3 Å². The van der Waals surface area contributed by atoms with Crippen LogP contribution in [0.3, 0.4) is 0 Å². The number of halogens is 2. The number of hydrogen-bond donors (Lipinski definition) is 1. The topological polar surface area (TPSA) is 58.6 Å². The van der Waals surface area contributed by atoms with Crippen molar-refractivity contribution in [2.75, 3.05) is 19.5 Å². The molecule has 0 spiro atoms. The number of anilines is 1. The van der Waals surface area contributed by atoms with Crippen LogP contribution in [-0.4, -0.2) is 31.1 Å². The van der Waals surface area contributed by atoms with Gasteiger partial charge >= 0.3 is 12.0 Å². The second kappa shape index (κ2) is 7.74. The number of urea groups is 1. The van der Waals surface area contributed by atoms with E-state index in [1.807, 2.05) is 31.2 Å². The number of ether oxygens (including phenoxy) is 1. The highest BCUT2D eigenvalue weighted by molar-refractivity contribution is 5.94. The van der Waals surface area contributed by atoms with Crippen molar-refractivity contribution in [3.63, 3.8) is 0 Å². The van der Waals surface area contributed by atoms with Gasteiger partial charge in [0.2, 0.25) is 0 Å². The lowest BCUT2D eigenvalue weighted by Crippen LogP contribution is -2.31. The molecule has 5 nitrogen and oxygen atoms in total. The SMILES string of the molecule is COC(=O)c1cc(NC(=O)N(C)Cc2ccccc2C)c(F)cc1F. The average molecular weight is 348 g/mol. The van der Waals surface area contributed by atoms with Crippen molar-refractivity contribution in [1.29, 1.82) is 0 Å². The summed E-state index contributed by atoms with van der Waals surface area (Å²) in [6.07, 6.45) is 0. The molecule has 0 aromatic heterocycles. The minimum atomic E-state index is -1.06. The van der Waals surface area contributed by atoms with E-state index in [0.29, 0.717) is 12.6 Å². The molecule has 0 fully saturated rings. The van der Waals surface area contributed by atoms with Crippen LogP contribution in [-0.2, 0) is 11.3 Å². The summed E-state index contributed by atoms with van der Waals surface area (Å²) in [4.78, 5) is 25.1. The Morgan fingerprint density at radius 1 is 1.16 bits per heavy atom. The molecule has 2 rings (SSSR count). The van der Waals surface area contributed by atoms with Crippen molar-refractivity contribution in [1.82, 2.24) is 4.90 Å². The number of hydrogen-bond acceptors (Lipinski definition) is 3. The lowest BCUT2D eigenvalue weighted by atomic mass is 10.1. The molecule has 0 unspecified atom stereocenters. The third kappa shape index (κ3) is 4.32. The summed E-state index contributed by atoms with van der Waals surface area (Å²) >= 11 is 0. The maximum atomic E-state index is 13.9. The van der Waals surface area contributed by atoms with E-state index in [4.69, 9.17) is 0 Å². The zero-order valence-electron chi connectivity index (χ0n) is 14.1. The van der Waals surface area contributed by atoms with E-state index in [1.54, 1.807) is 7.05 Å². The van der Waals surface area contributed by atoms with Gasteiger partial charge in [0.1, 0.15) is 11.6 Å². The smallest absolute Gasteiger partial charge is 0.340 e. The van der Waals surface area contributed by atoms with E-state index >= 15 is 0 Å². The zero-order chi connectivity index (χ0) is 18.6. The second-order valence-corrected chi connectivity index (χ2v) is 5.52. The van der Waals surface area contributed by atoms with Gasteiger partial charge in [-0.15, -0.1) is 0 Å². The van der Waals surface area contributed by atoms with Crippen LogP contribution in [0.2, 0.25) is 0 Å². The van der Waals surface area contributed by atoms with E-state index in [1.165, 1.54) is 4.90 Å². The molecule has 0 radical (unpaired) electrons. The summed E-state index contributed by atoms with van der Waals surface area (Å²) in [6, 6.07) is 8.40. The van der Waals surface area contributed by atoms with Crippen molar-refractivity contribution in [2.24, 2.45) is 0 Å². The Morgan fingerprint density at radius 3 is 2.48 bits per heavy atom. The predicted octanol–water partition coefficient (Wildman–Crippen LogP) is 3.72. The molecule has 0 aliphatic rings. The summed E-state index contributed by atoms with van der Waals surface area (Å²) in [5, 5.41) is 2.33. The van der Waals surface area contributed by atoms with Crippen molar-refractivity contribution >= 4 is 17.7 Å². The van der Waals surface area contributed by atoms with Crippen molar-refractivity contribution in [3.05, 3.63) is 64.7 Å². The molecule has 0 aliphatic heterocycles. The summed E-state index contributed by atoms with van der Waals surface area (Å²) in [5.41, 5.74) is 1.20. The first kappa shape index (κ1) is 18.4. The maximum Gasteiger partial charge on any atom is 0.340 e. The number of nitrogens with one attached hydrogen (secondary N) is 1. The molecule has 0 atom stereocenters. The number of rotatable bonds is 4. The van der Waals surface area contributed by atoms with Gasteiger partial charge in [-0.2, -0.15) is 0 Å². The largest absolute Gasteiger partial charge is 0.465 e. The fourth-order valence-corrected chi connectivity index (χ4v) is 2.24. The average Bonchev–Trinajstić information content (AvgIpc) is 2.58. The van der Waals surface area contributed by atoms with Gasteiger partial charge in [0.15, 0.2) is 0 Å². The summed E-state index contributed by atoms with van der Waals surface area (Å²) in [7, 11) is 2.63. The van der Waals surface area contributed by atoms with Gasteiger partial charge in [0, 0.05) is 19.7 Å². The number of benzene rings is 2. The highest BCUT2D eigenvalue weighted by Crippen LogP contribution is 2.21. The number of methoxy groups -OCH3 is 1.